The molecule has 0 aromatic heterocycles. The molecule has 0 rings (SSSR count). The normalized spacial score (nSPS) is 13.6. The standard InChI is InChI=1S/C10H18N2O5/c1-3-5-6(9(14)15)12-8(13)7(11)10(16)17-4-2/h6-7H,3-5,11H2,1-2H3,(H,12,13)(H,14,15)/t6-,7?/m1/s1. The van der Waals surface area contributed by atoms with E-state index in [2.05, 4.69) is 10.1 Å². The Morgan fingerprint density at radius 1 is 1.35 bits per heavy atom. The molecule has 0 bridgehead atoms. The number of nitrogens with one attached hydrogen (secondary N) is 1. The van der Waals surface area contributed by atoms with Crippen molar-refractivity contribution in [3.05, 3.63) is 0 Å². The number of rotatable bonds is 7. The van der Waals surface area contributed by atoms with Gasteiger partial charge in [-0.05, 0) is 13.3 Å². The van der Waals surface area contributed by atoms with Gasteiger partial charge in [-0.25, -0.2) is 9.59 Å². The fraction of sp³-hybridized carbons (Fsp3) is 0.700. The first-order valence-corrected chi connectivity index (χ1v) is 5.39. The Kier molecular flexibility index (Phi) is 6.88. The SMILES string of the molecule is CCC[C@@H](NC(=O)C(N)C(=O)OCC)C(=O)O. The molecule has 0 saturated carbocycles. The summed E-state index contributed by atoms with van der Waals surface area (Å²) in [5.41, 5.74) is 5.31. The summed E-state index contributed by atoms with van der Waals surface area (Å²) in [7, 11) is 0. The summed E-state index contributed by atoms with van der Waals surface area (Å²) < 4.78 is 4.55. The van der Waals surface area contributed by atoms with Gasteiger partial charge in [0.25, 0.3) is 0 Å². The molecule has 0 saturated heterocycles. The fourth-order valence-corrected chi connectivity index (χ4v) is 1.15. The van der Waals surface area contributed by atoms with E-state index in [4.69, 9.17) is 10.8 Å². The number of ether oxygens (including phenoxy) is 1. The van der Waals surface area contributed by atoms with Crippen LogP contribution < -0.4 is 11.1 Å². The van der Waals surface area contributed by atoms with Crippen LogP contribution in [0.3, 0.4) is 0 Å². The number of esters is 1. The molecule has 1 unspecified atom stereocenters. The Labute approximate surface area is 99.3 Å². The third-order valence-corrected chi connectivity index (χ3v) is 2.01. The van der Waals surface area contributed by atoms with Crippen LogP contribution in [0.4, 0.5) is 0 Å². The van der Waals surface area contributed by atoms with E-state index in [-0.39, 0.29) is 13.0 Å². The first-order valence-electron chi connectivity index (χ1n) is 5.39. The maximum atomic E-state index is 11.4. The molecule has 0 radical (unpaired) electrons. The molecule has 0 aliphatic heterocycles. The van der Waals surface area contributed by atoms with E-state index in [0.29, 0.717) is 6.42 Å². The van der Waals surface area contributed by atoms with E-state index in [9.17, 15) is 14.4 Å². The number of hydrogen-bond acceptors (Lipinski definition) is 5. The van der Waals surface area contributed by atoms with Crippen LogP contribution in [0, 0.1) is 0 Å². The Balaban J connectivity index is 4.39. The lowest BCUT2D eigenvalue weighted by molar-refractivity contribution is -0.150. The van der Waals surface area contributed by atoms with Crippen molar-refractivity contribution in [2.24, 2.45) is 5.73 Å². The summed E-state index contributed by atoms with van der Waals surface area (Å²) in [5, 5.41) is 11.0. The van der Waals surface area contributed by atoms with Gasteiger partial charge in [0.15, 0.2) is 6.04 Å². The highest BCUT2D eigenvalue weighted by molar-refractivity contribution is 6.02. The number of hydrogen-bond donors (Lipinski definition) is 3. The number of nitrogens with two attached hydrogens (primary N) is 1. The molecular formula is C10H18N2O5. The second kappa shape index (κ2) is 7.61. The van der Waals surface area contributed by atoms with Crippen LogP contribution in [-0.4, -0.2) is 41.6 Å². The van der Waals surface area contributed by atoms with Crippen molar-refractivity contribution >= 4 is 17.8 Å². The van der Waals surface area contributed by atoms with Crippen molar-refractivity contribution < 1.29 is 24.2 Å². The lowest BCUT2D eigenvalue weighted by Crippen LogP contribution is -2.52. The molecule has 0 aromatic carbocycles. The Bertz CT molecular complexity index is 292. The molecule has 17 heavy (non-hydrogen) atoms. The predicted octanol–water partition coefficient (Wildman–Crippen LogP) is -0.754. The molecule has 0 aliphatic rings. The highest BCUT2D eigenvalue weighted by Crippen LogP contribution is 1.98. The van der Waals surface area contributed by atoms with E-state index >= 15 is 0 Å². The van der Waals surface area contributed by atoms with Gasteiger partial charge in [-0.2, -0.15) is 0 Å². The Morgan fingerprint density at radius 3 is 2.35 bits per heavy atom. The summed E-state index contributed by atoms with van der Waals surface area (Å²) in [6.07, 6.45) is 0.864. The van der Waals surface area contributed by atoms with Gasteiger partial charge >= 0.3 is 11.9 Å². The van der Waals surface area contributed by atoms with E-state index < -0.39 is 29.9 Å². The predicted molar refractivity (Wildman–Crippen MR) is 59.1 cm³/mol. The van der Waals surface area contributed by atoms with E-state index in [1.165, 1.54) is 0 Å². The number of carbonyl (C=O) groups is 3. The first kappa shape index (κ1) is 15.4. The molecular weight excluding hydrogens is 228 g/mol. The van der Waals surface area contributed by atoms with Crippen LogP contribution in [-0.2, 0) is 19.1 Å². The summed E-state index contributed by atoms with van der Waals surface area (Å²) in [6, 6.07) is -2.53. The zero-order valence-electron chi connectivity index (χ0n) is 9.93. The van der Waals surface area contributed by atoms with Crippen LogP contribution in [0.15, 0.2) is 0 Å². The second-order valence-corrected chi connectivity index (χ2v) is 3.42. The summed E-state index contributed by atoms with van der Waals surface area (Å²) in [6.45, 7) is 3.48. The molecule has 98 valence electrons. The third-order valence-electron chi connectivity index (χ3n) is 2.01. The van der Waals surface area contributed by atoms with Crippen LogP contribution in [0.5, 0.6) is 0 Å². The molecule has 2 atom stereocenters. The number of carbonyl (C=O) groups excluding carboxylic acids is 2. The molecule has 0 aliphatic carbocycles. The van der Waals surface area contributed by atoms with Crippen molar-refractivity contribution in [2.45, 2.75) is 38.8 Å². The van der Waals surface area contributed by atoms with Crippen LogP contribution in [0.1, 0.15) is 26.7 Å². The van der Waals surface area contributed by atoms with Crippen molar-refractivity contribution in [3.8, 4) is 0 Å². The molecule has 7 nitrogen and oxygen atoms in total. The van der Waals surface area contributed by atoms with Crippen molar-refractivity contribution in [1.82, 2.24) is 5.32 Å². The average molecular weight is 246 g/mol. The molecule has 7 heteroatoms. The molecule has 4 N–H and O–H groups in total. The van der Waals surface area contributed by atoms with Crippen LogP contribution in [0.2, 0.25) is 0 Å². The van der Waals surface area contributed by atoms with Gasteiger partial charge in [0.2, 0.25) is 5.91 Å². The Morgan fingerprint density at radius 2 is 1.94 bits per heavy atom. The average Bonchev–Trinajstić information content (AvgIpc) is 2.27. The topological polar surface area (TPSA) is 119 Å². The zero-order chi connectivity index (χ0) is 13.4. The lowest BCUT2D eigenvalue weighted by Gasteiger charge is -2.16. The molecule has 0 spiro atoms. The largest absolute Gasteiger partial charge is 0.480 e. The minimum atomic E-state index is -1.49. The second-order valence-electron chi connectivity index (χ2n) is 3.42. The van der Waals surface area contributed by atoms with Crippen LogP contribution >= 0.6 is 0 Å². The van der Waals surface area contributed by atoms with E-state index in [0.717, 1.165) is 0 Å². The van der Waals surface area contributed by atoms with Crippen molar-refractivity contribution in [1.29, 1.82) is 0 Å². The molecule has 1 amide bonds. The van der Waals surface area contributed by atoms with Crippen molar-refractivity contribution in [3.63, 3.8) is 0 Å². The van der Waals surface area contributed by atoms with Gasteiger partial charge in [-0.1, -0.05) is 13.3 Å². The molecule has 0 fully saturated rings. The maximum absolute atomic E-state index is 11.4. The third kappa shape index (κ3) is 5.30. The lowest BCUT2D eigenvalue weighted by atomic mass is 10.1. The van der Waals surface area contributed by atoms with Gasteiger partial charge < -0.3 is 20.9 Å². The van der Waals surface area contributed by atoms with Gasteiger partial charge in [0.05, 0.1) is 6.61 Å². The minimum Gasteiger partial charge on any atom is -0.480 e. The molecule has 0 heterocycles. The number of amides is 1. The first-order chi connectivity index (χ1) is 7.93. The highest BCUT2D eigenvalue weighted by atomic mass is 16.5. The van der Waals surface area contributed by atoms with Gasteiger partial charge in [-0.3, -0.25) is 4.79 Å². The summed E-state index contributed by atoms with van der Waals surface area (Å²) >= 11 is 0. The molecule has 0 aromatic rings. The van der Waals surface area contributed by atoms with E-state index in [1.54, 1.807) is 13.8 Å². The minimum absolute atomic E-state index is 0.108. The highest BCUT2D eigenvalue weighted by Gasteiger charge is 2.27. The van der Waals surface area contributed by atoms with Gasteiger partial charge in [0, 0.05) is 0 Å². The van der Waals surface area contributed by atoms with Gasteiger partial charge in [0.1, 0.15) is 6.04 Å². The van der Waals surface area contributed by atoms with Gasteiger partial charge in [-0.15, -0.1) is 0 Å². The summed E-state index contributed by atoms with van der Waals surface area (Å²) in [5.74, 6) is -2.87. The monoisotopic (exact) mass is 246 g/mol. The number of carboxylic acids is 1. The zero-order valence-corrected chi connectivity index (χ0v) is 9.93. The van der Waals surface area contributed by atoms with Crippen LogP contribution in [0.25, 0.3) is 0 Å². The quantitative estimate of drug-likeness (QED) is 0.401. The smallest absolute Gasteiger partial charge is 0.332 e. The Hall–Kier alpha value is -1.63. The maximum Gasteiger partial charge on any atom is 0.332 e. The number of aliphatic carboxylic acids is 1. The fourth-order valence-electron chi connectivity index (χ4n) is 1.15. The number of carboxylic acid groups (broad SMARTS) is 1. The van der Waals surface area contributed by atoms with E-state index in [1.807, 2.05) is 0 Å². The van der Waals surface area contributed by atoms with Crippen molar-refractivity contribution in [2.75, 3.05) is 6.61 Å². The summed E-state index contributed by atoms with van der Waals surface area (Å²) in [4.78, 5) is 33.4.